The summed E-state index contributed by atoms with van der Waals surface area (Å²) < 4.78 is 146. The maximum atomic E-state index is 13.6. The van der Waals surface area contributed by atoms with Gasteiger partial charge in [-0.2, -0.15) is 47.9 Å². The van der Waals surface area contributed by atoms with Gasteiger partial charge in [-0.05, 0) is 18.2 Å². The molecule has 0 aromatic heterocycles. The van der Waals surface area contributed by atoms with Crippen molar-refractivity contribution >= 4 is 27.7 Å². The minimum atomic E-state index is -7.48. The molecule has 1 rings (SSSR count). The lowest BCUT2D eigenvalue weighted by Gasteiger charge is -2.32. The lowest BCUT2D eigenvalue weighted by atomic mass is 10.1. The minimum Gasteiger partial charge on any atom is -0.465 e. The lowest BCUT2D eigenvalue weighted by Crippen LogP contribution is -2.63. The van der Waals surface area contributed by atoms with Crippen molar-refractivity contribution in [3.05, 3.63) is 28.8 Å². The Balaban J connectivity index is 3.50. The summed E-state index contributed by atoms with van der Waals surface area (Å²) in [6, 6.07) is 1.65. The Morgan fingerprint density at radius 1 is 0.964 bits per heavy atom. The van der Waals surface area contributed by atoms with E-state index in [4.69, 9.17) is 11.6 Å². The second-order valence-electron chi connectivity index (χ2n) is 4.83. The number of halogens is 10. The molecule has 0 spiro atoms. The average molecular weight is 469 g/mol. The van der Waals surface area contributed by atoms with Crippen molar-refractivity contribution in [3.63, 3.8) is 0 Å². The van der Waals surface area contributed by atoms with E-state index < -0.39 is 50.7 Å². The predicted octanol–water partition coefficient (Wildman–Crippen LogP) is 4.26. The molecule has 160 valence electrons. The number of rotatable bonds is 6. The van der Waals surface area contributed by atoms with Gasteiger partial charge in [-0.15, -0.1) is 0 Å². The maximum Gasteiger partial charge on any atom is 0.460 e. The van der Waals surface area contributed by atoms with Gasteiger partial charge in [-0.3, -0.25) is 0 Å². The molecule has 0 aliphatic rings. The van der Waals surface area contributed by atoms with Crippen LogP contribution in [0.5, 0.6) is 5.75 Å². The second kappa shape index (κ2) is 7.17. The Labute approximate surface area is 155 Å². The van der Waals surface area contributed by atoms with E-state index in [1.165, 1.54) is 0 Å². The number of ether oxygens (including phenoxy) is 1. The lowest BCUT2D eigenvalue weighted by molar-refractivity contribution is -0.382. The van der Waals surface area contributed by atoms with Crippen LogP contribution in [0.25, 0.3) is 0 Å². The molecule has 0 heterocycles. The van der Waals surface area contributed by atoms with Crippen LogP contribution in [0.4, 0.5) is 39.5 Å². The third kappa shape index (κ3) is 3.81. The average Bonchev–Trinajstić information content (AvgIpc) is 2.53. The molecular formula is C12H6ClF9O5S. The normalized spacial score (nSPS) is 14.0. The smallest absolute Gasteiger partial charge is 0.460 e. The molecule has 28 heavy (non-hydrogen) atoms. The fourth-order valence-corrected chi connectivity index (χ4v) is 2.63. The van der Waals surface area contributed by atoms with E-state index in [1.807, 2.05) is 0 Å². The number of methoxy groups -OCH3 is 1. The van der Waals surface area contributed by atoms with Gasteiger partial charge in [0.25, 0.3) is 0 Å². The Morgan fingerprint density at radius 3 is 1.89 bits per heavy atom. The van der Waals surface area contributed by atoms with Crippen LogP contribution in [0.3, 0.4) is 0 Å². The molecular weight excluding hydrogens is 463 g/mol. The molecule has 16 heteroatoms. The first kappa shape index (κ1) is 24.1. The molecule has 0 aliphatic heterocycles. The van der Waals surface area contributed by atoms with Crippen molar-refractivity contribution < 1.29 is 61.6 Å². The quantitative estimate of drug-likeness (QED) is 0.354. The van der Waals surface area contributed by atoms with E-state index in [9.17, 15) is 52.7 Å². The monoisotopic (exact) mass is 468 g/mol. The molecule has 0 saturated heterocycles. The van der Waals surface area contributed by atoms with Gasteiger partial charge < -0.3 is 8.92 Å². The molecule has 0 fully saturated rings. The van der Waals surface area contributed by atoms with Crippen LogP contribution >= 0.6 is 11.6 Å². The number of carbonyl (C=O) groups is 1. The third-order valence-corrected chi connectivity index (χ3v) is 4.49. The van der Waals surface area contributed by atoms with Crippen molar-refractivity contribution in [2.75, 3.05) is 7.11 Å². The summed E-state index contributed by atoms with van der Waals surface area (Å²) in [4.78, 5) is 11.4. The summed E-state index contributed by atoms with van der Waals surface area (Å²) in [7, 11) is -6.49. The molecule has 0 atom stereocenters. The van der Waals surface area contributed by atoms with Gasteiger partial charge in [0.05, 0.1) is 7.11 Å². The molecule has 5 nitrogen and oxygen atoms in total. The Morgan fingerprint density at radius 2 is 1.46 bits per heavy atom. The maximum absolute atomic E-state index is 13.6. The largest absolute Gasteiger partial charge is 0.465 e. The van der Waals surface area contributed by atoms with Gasteiger partial charge in [-0.1, -0.05) is 11.6 Å². The van der Waals surface area contributed by atoms with Crippen molar-refractivity contribution in [2.24, 2.45) is 0 Å². The van der Waals surface area contributed by atoms with Gasteiger partial charge in [0, 0.05) is 5.02 Å². The zero-order chi connectivity index (χ0) is 22.3. The van der Waals surface area contributed by atoms with Gasteiger partial charge >= 0.3 is 39.4 Å². The van der Waals surface area contributed by atoms with Crippen LogP contribution in [-0.4, -0.2) is 44.8 Å². The van der Waals surface area contributed by atoms with Crippen LogP contribution in [-0.2, 0) is 14.9 Å². The highest BCUT2D eigenvalue weighted by Gasteiger charge is 2.86. The molecule has 0 amide bonds. The molecule has 0 unspecified atom stereocenters. The van der Waals surface area contributed by atoms with Crippen LogP contribution in [0.1, 0.15) is 10.4 Å². The number of hydrogen-bond donors (Lipinski definition) is 0. The van der Waals surface area contributed by atoms with E-state index >= 15 is 0 Å². The molecule has 0 bridgehead atoms. The van der Waals surface area contributed by atoms with E-state index in [-0.39, 0.29) is 5.02 Å². The van der Waals surface area contributed by atoms with Crippen LogP contribution < -0.4 is 4.18 Å². The van der Waals surface area contributed by atoms with E-state index in [1.54, 1.807) is 0 Å². The molecule has 0 saturated carbocycles. The number of carbonyl (C=O) groups excluding carboxylic acids is 1. The molecule has 0 radical (unpaired) electrons. The highest BCUT2D eigenvalue weighted by atomic mass is 35.5. The summed E-state index contributed by atoms with van der Waals surface area (Å²) in [5.41, 5.74) is -1.03. The first-order chi connectivity index (χ1) is 12.3. The second-order valence-corrected chi connectivity index (χ2v) is 6.86. The first-order valence-electron chi connectivity index (χ1n) is 6.35. The summed E-state index contributed by atoms with van der Waals surface area (Å²) in [5, 5.41) is -7.41. The fraction of sp³-hybridized carbons (Fsp3) is 0.417. The topological polar surface area (TPSA) is 69.7 Å². The van der Waals surface area contributed by atoms with Gasteiger partial charge in [0.2, 0.25) is 0 Å². The van der Waals surface area contributed by atoms with Crippen molar-refractivity contribution in [1.29, 1.82) is 0 Å². The van der Waals surface area contributed by atoms with Crippen LogP contribution in [0, 0.1) is 0 Å². The van der Waals surface area contributed by atoms with Gasteiger partial charge in [0.15, 0.2) is 5.75 Å². The zero-order valence-electron chi connectivity index (χ0n) is 13.0. The molecule has 1 aromatic carbocycles. The Bertz CT molecular complexity index is 867. The van der Waals surface area contributed by atoms with Crippen molar-refractivity contribution in [1.82, 2.24) is 0 Å². The molecule has 0 aliphatic carbocycles. The van der Waals surface area contributed by atoms with E-state index in [0.29, 0.717) is 25.3 Å². The number of hydrogen-bond acceptors (Lipinski definition) is 5. The van der Waals surface area contributed by atoms with Gasteiger partial charge in [-0.25, -0.2) is 4.79 Å². The summed E-state index contributed by atoms with van der Waals surface area (Å²) in [5.74, 6) is -17.9. The standard InChI is InChI=1S/C12H6ClF9O5S/c1-26-8(23)6-4-5(13)2-3-7(6)27-28(24,25)12(21,22)10(16,17)9(14,15)11(18,19)20/h2-4H,1H3. The van der Waals surface area contributed by atoms with E-state index in [2.05, 4.69) is 8.92 Å². The molecule has 1 aromatic rings. The SMILES string of the molecule is COC(=O)c1cc(Cl)ccc1OS(=O)(=O)C(F)(F)C(F)(F)C(F)(F)C(F)(F)F. The van der Waals surface area contributed by atoms with E-state index in [0.717, 1.165) is 0 Å². The van der Waals surface area contributed by atoms with Crippen LogP contribution in [0.15, 0.2) is 18.2 Å². The summed E-state index contributed by atoms with van der Waals surface area (Å²) in [6.07, 6.45) is -7.23. The highest BCUT2D eigenvalue weighted by Crippen LogP contribution is 2.55. The number of benzene rings is 1. The van der Waals surface area contributed by atoms with Crippen molar-refractivity contribution in [3.8, 4) is 5.75 Å². The fourth-order valence-electron chi connectivity index (χ4n) is 1.53. The summed E-state index contributed by atoms with van der Waals surface area (Å²) >= 11 is 5.46. The number of alkyl halides is 9. The Hall–Kier alpha value is -1.90. The zero-order valence-corrected chi connectivity index (χ0v) is 14.5. The van der Waals surface area contributed by atoms with Gasteiger partial charge in [0.1, 0.15) is 5.56 Å². The first-order valence-corrected chi connectivity index (χ1v) is 8.14. The molecule has 0 N–H and O–H groups in total. The minimum absolute atomic E-state index is 0.328. The van der Waals surface area contributed by atoms with Crippen LogP contribution in [0.2, 0.25) is 5.02 Å². The highest BCUT2D eigenvalue weighted by molar-refractivity contribution is 7.88. The predicted molar refractivity (Wildman–Crippen MR) is 73.2 cm³/mol. The Kier molecular flexibility index (Phi) is 6.18. The third-order valence-electron chi connectivity index (χ3n) is 2.98. The summed E-state index contributed by atoms with van der Waals surface area (Å²) in [6.45, 7) is 0. The number of esters is 1. The van der Waals surface area contributed by atoms with Crippen molar-refractivity contribution in [2.45, 2.75) is 23.3 Å².